The number of hydrazone groups is 1. The smallest absolute Gasteiger partial charge is 0.318 e. The molecule has 1 N–H and O–H groups in total. The molecule has 156 valence electrons. The Labute approximate surface area is 183 Å². The third-order valence-corrected chi connectivity index (χ3v) is 4.56. The minimum Gasteiger partial charge on any atom is -0.449 e. The minimum absolute atomic E-state index is 0.146. The largest absolute Gasteiger partial charge is 0.449 e. The summed E-state index contributed by atoms with van der Waals surface area (Å²) in [6, 6.07) is 16.5. The molecule has 0 aliphatic heterocycles. The molecule has 11 heteroatoms. The van der Waals surface area contributed by atoms with E-state index in [1.54, 1.807) is 42.5 Å². The first kappa shape index (κ1) is 21.6. The molecule has 0 saturated heterocycles. The predicted molar refractivity (Wildman–Crippen MR) is 115 cm³/mol. The van der Waals surface area contributed by atoms with Crippen molar-refractivity contribution in [3.63, 3.8) is 0 Å². The number of non-ortho nitro benzene ring substituents is 1. The Morgan fingerprint density at radius 2 is 1.68 bits per heavy atom. The number of nitrogens with one attached hydrogen (secondary N) is 1. The summed E-state index contributed by atoms with van der Waals surface area (Å²) in [4.78, 5) is 32.6. The Kier molecular flexibility index (Phi) is 6.67. The fourth-order valence-electron chi connectivity index (χ4n) is 2.47. The SMILES string of the molecule is O=C(N/N=C\c1ccc(Oc2ccc([N+](=O)[O-])cc2[N+](=O)[O-])c(Br)c1)c1ccccc1. The molecule has 31 heavy (non-hydrogen) atoms. The normalized spacial score (nSPS) is 10.6. The van der Waals surface area contributed by atoms with Crippen LogP contribution in [0.3, 0.4) is 0 Å². The number of amides is 1. The highest BCUT2D eigenvalue weighted by molar-refractivity contribution is 9.10. The van der Waals surface area contributed by atoms with Gasteiger partial charge in [-0.3, -0.25) is 25.0 Å². The number of carbonyl (C=O) groups excluding carboxylic acids is 1. The van der Waals surface area contributed by atoms with E-state index in [-0.39, 0.29) is 17.4 Å². The van der Waals surface area contributed by atoms with Crippen LogP contribution in [0.15, 0.2) is 76.3 Å². The van der Waals surface area contributed by atoms with Crippen molar-refractivity contribution in [3.05, 3.63) is 103 Å². The van der Waals surface area contributed by atoms with Crippen LogP contribution in [0.1, 0.15) is 15.9 Å². The van der Waals surface area contributed by atoms with E-state index in [1.165, 1.54) is 12.3 Å². The minimum atomic E-state index is -0.757. The highest BCUT2D eigenvalue weighted by Crippen LogP contribution is 2.37. The maximum Gasteiger partial charge on any atom is 0.318 e. The average Bonchev–Trinajstić information content (AvgIpc) is 2.76. The summed E-state index contributed by atoms with van der Waals surface area (Å²) in [6.45, 7) is 0. The van der Waals surface area contributed by atoms with Crippen LogP contribution in [-0.2, 0) is 0 Å². The van der Waals surface area contributed by atoms with E-state index < -0.39 is 21.2 Å². The highest BCUT2D eigenvalue weighted by Gasteiger charge is 2.21. The number of carbonyl (C=O) groups is 1. The lowest BCUT2D eigenvalue weighted by atomic mass is 10.2. The number of hydrogen-bond donors (Lipinski definition) is 1. The van der Waals surface area contributed by atoms with E-state index >= 15 is 0 Å². The van der Waals surface area contributed by atoms with Crippen LogP contribution in [0, 0.1) is 20.2 Å². The number of halogens is 1. The Bertz CT molecular complexity index is 1180. The molecule has 0 bridgehead atoms. The van der Waals surface area contributed by atoms with Gasteiger partial charge in [0.05, 0.1) is 26.6 Å². The highest BCUT2D eigenvalue weighted by atomic mass is 79.9. The zero-order valence-corrected chi connectivity index (χ0v) is 17.2. The van der Waals surface area contributed by atoms with Crippen molar-refractivity contribution < 1.29 is 19.4 Å². The van der Waals surface area contributed by atoms with Gasteiger partial charge < -0.3 is 4.74 Å². The molecule has 0 unspecified atom stereocenters. The summed E-state index contributed by atoms with van der Waals surface area (Å²) >= 11 is 3.31. The van der Waals surface area contributed by atoms with Gasteiger partial charge in [0.2, 0.25) is 5.75 Å². The van der Waals surface area contributed by atoms with Gasteiger partial charge in [-0.15, -0.1) is 0 Å². The summed E-state index contributed by atoms with van der Waals surface area (Å²) in [5.74, 6) is -0.253. The van der Waals surface area contributed by atoms with E-state index in [0.29, 0.717) is 15.6 Å². The Hall–Kier alpha value is -4.12. The Morgan fingerprint density at radius 1 is 0.968 bits per heavy atom. The fourth-order valence-corrected chi connectivity index (χ4v) is 2.94. The lowest BCUT2D eigenvalue weighted by molar-refractivity contribution is -0.394. The molecule has 0 spiro atoms. The van der Waals surface area contributed by atoms with Gasteiger partial charge in [-0.1, -0.05) is 18.2 Å². The van der Waals surface area contributed by atoms with Crippen molar-refractivity contribution in [3.8, 4) is 11.5 Å². The van der Waals surface area contributed by atoms with Crippen molar-refractivity contribution in [2.24, 2.45) is 5.10 Å². The zero-order valence-electron chi connectivity index (χ0n) is 15.6. The third kappa shape index (κ3) is 5.48. The molecule has 10 nitrogen and oxygen atoms in total. The van der Waals surface area contributed by atoms with Gasteiger partial charge in [0, 0.05) is 11.6 Å². The van der Waals surface area contributed by atoms with Gasteiger partial charge in [0.1, 0.15) is 5.75 Å². The monoisotopic (exact) mass is 484 g/mol. The molecule has 3 rings (SSSR count). The number of rotatable bonds is 7. The topological polar surface area (TPSA) is 137 Å². The summed E-state index contributed by atoms with van der Waals surface area (Å²) in [6.07, 6.45) is 1.42. The molecule has 0 radical (unpaired) electrons. The molecular formula is C20H13BrN4O6. The molecule has 0 aliphatic rings. The van der Waals surface area contributed by atoms with E-state index in [4.69, 9.17) is 4.74 Å². The summed E-state index contributed by atoms with van der Waals surface area (Å²) in [5, 5.41) is 26.0. The van der Waals surface area contributed by atoms with Crippen LogP contribution in [0.5, 0.6) is 11.5 Å². The molecule has 0 fully saturated rings. The molecule has 0 aromatic heterocycles. The van der Waals surface area contributed by atoms with Gasteiger partial charge in [0.25, 0.3) is 11.6 Å². The van der Waals surface area contributed by atoms with E-state index in [9.17, 15) is 25.0 Å². The molecule has 0 heterocycles. The molecule has 0 saturated carbocycles. The van der Waals surface area contributed by atoms with E-state index in [2.05, 4.69) is 26.5 Å². The number of benzene rings is 3. The van der Waals surface area contributed by atoms with Gasteiger partial charge in [-0.05, 0) is 57.9 Å². The Balaban J connectivity index is 1.73. The molecule has 3 aromatic rings. The molecule has 1 amide bonds. The number of hydrogen-bond acceptors (Lipinski definition) is 7. The second-order valence-corrected chi connectivity index (χ2v) is 6.88. The first-order valence-corrected chi connectivity index (χ1v) is 9.43. The number of nitrogens with zero attached hydrogens (tertiary/aromatic N) is 3. The van der Waals surface area contributed by atoms with Gasteiger partial charge >= 0.3 is 5.69 Å². The number of nitro groups is 2. The standard InChI is InChI=1S/C20H13BrN4O6/c21-16-10-13(12-22-23-20(26)14-4-2-1-3-5-14)6-8-18(16)31-19-9-7-15(24(27)28)11-17(19)25(29)30/h1-12H,(H,23,26)/b22-12-. The van der Waals surface area contributed by atoms with Crippen LogP contribution in [0.2, 0.25) is 0 Å². The lowest BCUT2D eigenvalue weighted by Crippen LogP contribution is -2.17. The van der Waals surface area contributed by atoms with Crippen molar-refractivity contribution in [1.29, 1.82) is 0 Å². The van der Waals surface area contributed by atoms with Crippen molar-refractivity contribution >= 4 is 39.4 Å². The van der Waals surface area contributed by atoms with Gasteiger partial charge in [-0.2, -0.15) is 5.10 Å². The summed E-state index contributed by atoms with van der Waals surface area (Å²) < 4.78 is 6.02. The third-order valence-electron chi connectivity index (χ3n) is 3.94. The molecular weight excluding hydrogens is 472 g/mol. The molecule has 0 aliphatic carbocycles. The van der Waals surface area contributed by atoms with Crippen molar-refractivity contribution in [2.75, 3.05) is 0 Å². The maximum absolute atomic E-state index is 12.0. The zero-order chi connectivity index (χ0) is 22.4. The van der Waals surface area contributed by atoms with Crippen molar-refractivity contribution in [1.82, 2.24) is 5.43 Å². The van der Waals surface area contributed by atoms with Crippen LogP contribution < -0.4 is 10.2 Å². The summed E-state index contributed by atoms with van der Waals surface area (Å²) in [7, 11) is 0. The summed E-state index contributed by atoms with van der Waals surface area (Å²) in [5.41, 5.74) is 2.55. The first-order chi connectivity index (χ1) is 14.8. The van der Waals surface area contributed by atoms with Crippen LogP contribution in [-0.4, -0.2) is 22.0 Å². The average molecular weight is 485 g/mol. The van der Waals surface area contributed by atoms with Crippen molar-refractivity contribution in [2.45, 2.75) is 0 Å². The predicted octanol–water partition coefficient (Wildman–Crippen LogP) is 4.82. The number of ether oxygens (including phenoxy) is 1. The molecule has 0 atom stereocenters. The van der Waals surface area contributed by atoms with Gasteiger partial charge in [-0.25, -0.2) is 5.43 Å². The quantitative estimate of drug-likeness (QED) is 0.289. The fraction of sp³-hybridized carbons (Fsp3) is 0. The van der Waals surface area contributed by atoms with Crippen LogP contribution >= 0.6 is 15.9 Å². The molecule has 3 aromatic carbocycles. The second-order valence-electron chi connectivity index (χ2n) is 6.02. The second kappa shape index (κ2) is 9.59. The number of nitro benzene ring substituents is 2. The Morgan fingerprint density at radius 3 is 2.32 bits per heavy atom. The first-order valence-electron chi connectivity index (χ1n) is 8.64. The van der Waals surface area contributed by atoms with E-state index in [1.807, 2.05) is 0 Å². The maximum atomic E-state index is 12.0. The lowest BCUT2D eigenvalue weighted by Gasteiger charge is -2.08. The van der Waals surface area contributed by atoms with E-state index in [0.717, 1.165) is 18.2 Å². The van der Waals surface area contributed by atoms with Gasteiger partial charge in [0.15, 0.2) is 0 Å². The van der Waals surface area contributed by atoms with Crippen LogP contribution in [0.25, 0.3) is 0 Å². The van der Waals surface area contributed by atoms with Crippen LogP contribution in [0.4, 0.5) is 11.4 Å².